The second-order valence-electron chi connectivity index (χ2n) is 19.2. The van der Waals surface area contributed by atoms with Crippen LogP contribution in [0.1, 0.15) is 22.3 Å². The van der Waals surface area contributed by atoms with Crippen molar-refractivity contribution in [2.24, 2.45) is 0 Å². The van der Waals surface area contributed by atoms with E-state index in [1.807, 2.05) is 0 Å². The van der Waals surface area contributed by atoms with E-state index in [4.69, 9.17) is 0 Å². The highest BCUT2D eigenvalue weighted by Gasteiger charge is 2.46. The molecule has 0 radical (unpaired) electrons. The quantitative estimate of drug-likeness (QED) is 0.140. The summed E-state index contributed by atoms with van der Waals surface area (Å²) in [5.41, 5.74) is 21.0. The monoisotopic (exact) mass is 928 g/mol. The minimum Gasteiger partial charge on any atom is -0.310 e. The van der Waals surface area contributed by atoms with Crippen LogP contribution < -0.4 is 4.90 Å². The van der Waals surface area contributed by atoms with Crippen LogP contribution in [0.5, 0.6) is 0 Å². The van der Waals surface area contributed by atoms with Crippen LogP contribution in [0.25, 0.3) is 82.8 Å². The molecule has 0 saturated carbocycles. The Bertz CT molecular complexity index is 4090. The van der Waals surface area contributed by atoms with Crippen LogP contribution >= 0.6 is 0 Å². The molecule has 0 spiro atoms. The van der Waals surface area contributed by atoms with Gasteiger partial charge in [-0.3, -0.25) is 0 Å². The van der Waals surface area contributed by atoms with Gasteiger partial charge < -0.3 is 9.47 Å². The molecule has 0 N–H and O–H groups in total. The molecule has 0 aliphatic heterocycles. The standard InChI is InChI=1S/C71H48N2/c1-3-22-57(23-4-1)71(58-24-5-2-6-25-58)67-30-12-9-27-63(67)64-44-43-62(48-68(64)71)72(59-39-35-50(36-40-59)53-19-15-20-54(45-53)56-34-33-49-17-7-8-18-52(49)46-56)60-41-37-51(38-42-60)55-21-16-26-61(47-55)73-69-31-13-10-28-65(69)66-29-11-14-32-70(66)73/h1-48H. The topological polar surface area (TPSA) is 8.17 Å². The maximum absolute atomic E-state index is 2.46. The molecule has 0 unspecified atom stereocenters. The molecule has 0 bridgehead atoms. The maximum atomic E-state index is 2.46. The van der Waals surface area contributed by atoms with E-state index in [2.05, 4.69) is 301 Å². The third-order valence-electron chi connectivity index (χ3n) is 15.2. The fourth-order valence-corrected chi connectivity index (χ4v) is 11.9. The number of nitrogens with zero attached hydrogens (tertiary/aromatic N) is 2. The fraction of sp³-hybridized carbons (Fsp3) is 0.0141. The molecule has 12 aromatic carbocycles. The normalized spacial score (nSPS) is 12.5. The number of hydrogen-bond donors (Lipinski definition) is 0. The molecule has 1 aromatic heterocycles. The molecule has 0 fully saturated rings. The molecular weight excluding hydrogens is 881 g/mol. The molecule has 2 nitrogen and oxygen atoms in total. The number of rotatable bonds is 9. The molecule has 13 aromatic rings. The van der Waals surface area contributed by atoms with Gasteiger partial charge in [0.15, 0.2) is 0 Å². The van der Waals surface area contributed by atoms with Crippen molar-refractivity contribution in [1.29, 1.82) is 0 Å². The largest absolute Gasteiger partial charge is 0.310 e. The first-order valence-electron chi connectivity index (χ1n) is 25.2. The van der Waals surface area contributed by atoms with E-state index in [1.54, 1.807) is 0 Å². The molecular formula is C71H48N2. The maximum Gasteiger partial charge on any atom is 0.0714 e. The molecule has 0 amide bonds. The summed E-state index contributed by atoms with van der Waals surface area (Å²) in [5, 5.41) is 5.02. The van der Waals surface area contributed by atoms with Crippen LogP contribution in [0, 0.1) is 0 Å². The number of fused-ring (bicyclic) bond motifs is 7. The van der Waals surface area contributed by atoms with Gasteiger partial charge >= 0.3 is 0 Å². The van der Waals surface area contributed by atoms with Crippen LogP contribution in [0.2, 0.25) is 0 Å². The Morgan fingerprint density at radius 2 is 0.753 bits per heavy atom. The lowest BCUT2D eigenvalue weighted by molar-refractivity contribution is 0.768. The van der Waals surface area contributed by atoms with Crippen molar-refractivity contribution in [3.63, 3.8) is 0 Å². The fourth-order valence-electron chi connectivity index (χ4n) is 11.9. The number of aromatic nitrogens is 1. The summed E-state index contributed by atoms with van der Waals surface area (Å²) in [6.45, 7) is 0. The van der Waals surface area contributed by atoms with Gasteiger partial charge in [-0.05, 0) is 150 Å². The zero-order valence-corrected chi connectivity index (χ0v) is 40.1. The molecule has 1 aliphatic carbocycles. The van der Waals surface area contributed by atoms with Gasteiger partial charge in [0, 0.05) is 33.5 Å². The van der Waals surface area contributed by atoms with E-state index in [-0.39, 0.29) is 0 Å². The number of anilines is 3. The van der Waals surface area contributed by atoms with Crippen molar-refractivity contribution in [1.82, 2.24) is 4.57 Å². The van der Waals surface area contributed by atoms with E-state index in [9.17, 15) is 0 Å². The predicted octanol–water partition coefficient (Wildman–Crippen LogP) is 18.8. The Hall–Kier alpha value is -9.50. The van der Waals surface area contributed by atoms with Gasteiger partial charge in [0.1, 0.15) is 0 Å². The molecule has 342 valence electrons. The summed E-state index contributed by atoms with van der Waals surface area (Å²) in [7, 11) is 0. The van der Waals surface area contributed by atoms with Gasteiger partial charge in [-0.15, -0.1) is 0 Å². The first kappa shape index (κ1) is 42.4. The third kappa shape index (κ3) is 7.02. The van der Waals surface area contributed by atoms with Gasteiger partial charge in [-0.1, -0.05) is 218 Å². The van der Waals surface area contributed by atoms with Gasteiger partial charge in [0.05, 0.1) is 16.4 Å². The SMILES string of the molecule is c1ccc(C2(c3ccccc3)c3ccccc3-c3ccc(N(c4ccc(-c5cccc(-c6ccc7ccccc7c6)c5)cc4)c4ccc(-c5cccc(-n6c7ccccc7c7ccccc76)c5)cc4)cc32)cc1. The van der Waals surface area contributed by atoms with E-state index in [0.717, 1.165) is 28.3 Å². The summed E-state index contributed by atoms with van der Waals surface area (Å²) in [6.07, 6.45) is 0. The first-order chi connectivity index (χ1) is 36.2. The summed E-state index contributed by atoms with van der Waals surface area (Å²) in [4.78, 5) is 2.43. The van der Waals surface area contributed by atoms with E-state index in [1.165, 1.54) is 93.8 Å². The van der Waals surface area contributed by atoms with Gasteiger partial charge in [0.2, 0.25) is 0 Å². The highest BCUT2D eigenvalue weighted by molar-refractivity contribution is 6.09. The van der Waals surface area contributed by atoms with Crippen molar-refractivity contribution in [2.75, 3.05) is 4.90 Å². The Kier molecular flexibility index (Phi) is 10.1. The molecule has 73 heavy (non-hydrogen) atoms. The number of hydrogen-bond acceptors (Lipinski definition) is 1. The minimum absolute atomic E-state index is 0.527. The number of para-hydroxylation sites is 2. The highest BCUT2D eigenvalue weighted by Crippen LogP contribution is 2.57. The van der Waals surface area contributed by atoms with Crippen molar-refractivity contribution in [3.8, 4) is 50.2 Å². The van der Waals surface area contributed by atoms with Gasteiger partial charge in [0.25, 0.3) is 0 Å². The van der Waals surface area contributed by atoms with Crippen molar-refractivity contribution >= 4 is 49.6 Å². The first-order valence-corrected chi connectivity index (χ1v) is 25.2. The Labute approximate surface area is 426 Å². The summed E-state index contributed by atoms with van der Waals surface area (Å²) >= 11 is 0. The highest BCUT2D eigenvalue weighted by atomic mass is 15.1. The number of benzene rings is 12. The van der Waals surface area contributed by atoms with Crippen molar-refractivity contribution in [3.05, 3.63) is 313 Å². The predicted molar refractivity (Wildman–Crippen MR) is 307 cm³/mol. The average molecular weight is 929 g/mol. The van der Waals surface area contributed by atoms with Gasteiger partial charge in [-0.2, -0.15) is 0 Å². The summed E-state index contributed by atoms with van der Waals surface area (Å²) < 4.78 is 2.39. The second-order valence-corrected chi connectivity index (χ2v) is 19.2. The van der Waals surface area contributed by atoms with Gasteiger partial charge in [-0.25, -0.2) is 0 Å². The Morgan fingerprint density at radius 3 is 1.41 bits per heavy atom. The van der Waals surface area contributed by atoms with E-state index < -0.39 is 5.41 Å². The Morgan fingerprint density at radius 1 is 0.274 bits per heavy atom. The molecule has 0 saturated heterocycles. The van der Waals surface area contributed by atoms with Crippen LogP contribution in [-0.4, -0.2) is 4.57 Å². The zero-order chi connectivity index (χ0) is 48.3. The lowest BCUT2D eigenvalue weighted by Crippen LogP contribution is -2.28. The van der Waals surface area contributed by atoms with E-state index in [0.29, 0.717) is 0 Å². The molecule has 2 heteroatoms. The van der Waals surface area contributed by atoms with Crippen LogP contribution in [0.3, 0.4) is 0 Å². The Balaban J connectivity index is 0.897. The third-order valence-corrected chi connectivity index (χ3v) is 15.2. The van der Waals surface area contributed by atoms with Crippen LogP contribution in [0.4, 0.5) is 17.1 Å². The molecule has 0 atom stereocenters. The molecule has 1 heterocycles. The van der Waals surface area contributed by atoms with Crippen LogP contribution in [-0.2, 0) is 5.41 Å². The van der Waals surface area contributed by atoms with Crippen molar-refractivity contribution in [2.45, 2.75) is 5.41 Å². The summed E-state index contributed by atoms with van der Waals surface area (Å²) in [6, 6.07) is 107. The van der Waals surface area contributed by atoms with Crippen LogP contribution in [0.15, 0.2) is 291 Å². The summed E-state index contributed by atoms with van der Waals surface area (Å²) in [5.74, 6) is 0. The minimum atomic E-state index is -0.527. The zero-order valence-electron chi connectivity index (χ0n) is 40.1. The lowest BCUT2D eigenvalue weighted by Gasteiger charge is -2.35. The average Bonchev–Trinajstić information content (AvgIpc) is 3.97. The second kappa shape index (κ2) is 17.4. The molecule has 1 aliphatic rings. The van der Waals surface area contributed by atoms with E-state index >= 15 is 0 Å². The smallest absolute Gasteiger partial charge is 0.0714 e. The van der Waals surface area contributed by atoms with Crippen molar-refractivity contribution < 1.29 is 0 Å². The molecule has 14 rings (SSSR count). The lowest BCUT2D eigenvalue weighted by atomic mass is 9.67.